The van der Waals surface area contributed by atoms with Gasteiger partial charge in [0.25, 0.3) is 0 Å². The summed E-state index contributed by atoms with van der Waals surface area (Å²) in [5.74, 6) is 0. The predicted octanol–water partition coefficient (Wildman–Crippen LogP) is 6.58. The summed E-state index contributed by atoms with van der Waals surface area (Å²) in [5.41, 5.74) is 7.07. The molecule has 0 fully saturated rings. The van der Waals surface area contributed by atoms with Crippen molar-refractivity contribution >= 4 is 0 Å². The number of hydrogen-bond acceptors (Lipinski definition) is 0. The summed E-state index contributed by atoms with van der Waals surface area (Å²) in [6.45, 7) is 20.9. The quantitative estimate of drug-likeness (QED) is 0.399. The Labute approximate surface area is 154 Å². The van der Waals surface area contributed by atoms with Gasteiger partial charge in [-0.25, -0.2) is 0 Å². The van der Waals surface area contributed by atoms with Gasteiger partial charge in [-0.2, -0.15) is 0 Å². The van der Waals surface area contributed by atoms with E-state index in [1.165, 1.54) is 0 Å². The summed E-state index contributed by atoms with van der Waals surface area (Å²) >= 11 is 0. The average Bonchev–Trinajstić information content (AvgIpc) is 2.25. The van der Waals surface area contributed by atoms with Crippen LogP contribution in [0.25, 0.3) is 16.4 Å². The van der Waals surface area contributed by atoms with Crippen molar-refractivity contribution in [2.75, 3.05) is 0 Å². The van der Waals surface area contributed by atoms with E-state index >= 15 is 0 Å². The maximum Gasteiger partial charge on any atom is 0 e. The largest absolute Gasteiger partial charge is 0.675 e. The van der Waals surface area contributed by atoms with Crippen molar-refractivity contribution in [3.8, 4) is 0 Å². The molecule has 21 heavy (non-hydrogen) atoms. The molecule has 0 heterocycles. The van der Waals surface area contributed by atoms with Crippen LogP contribution < -0.4 is 0 Å². The second-order valence-electron chi connectivity index (χ2n) is 6.19. The third kappa shape index (κ3) is 44.9. The van der Waals surface area contributed by atoms with Gasteiger partial charge in [0.2, 0.25) is 0 Å². The second-order valence-corrected chi connectivity index (χ2v) is 6.19. The van der Waals surface area contributed by atoms with Gasteiger partial charge < -0.3 is 16.4 Å². The first-order chi connectivity index (χ1) is 9.06. The maximum atomic E-state index is 7.07. The fourth-order valence-corrected chi connectivity index (χ4v) is 1.48. The van der Waals surface area contributed by atoms with Gasteiger partial charge in [-0.3, -0.25) is 0 Å². The molecule has 0 aliphatic rings. The molecule has 0 aromatic rings. The van der Waals surface area contributed by atoms with Gasteiger partial charge >= 0.3 is 0 Å². The predicted molar refractivity (Wildman–Crippen MR) is 96.0 cm³/mol. The first-order valence-electron chi connectivity index (χ1n) is 8.17. The van der Waals surface area contributed by atoms with E-state index in [4.69, 9.17) is 5.73 Å². The van der Waals surface area contributed by atoms with E-state index in [1.807, 2.05) is 13.8 Å². The van der Waals surface area contributed by atoms with Crippen molar-refractivity contribution in [2.45, 2.75) is 112 Å². The molecular formula is C17H40HfN3-3. The summed E-state index contributed by atoms with van der Waals surface area (Å²) in [4.78, 5) is 0. The normalized spacial score (nSPS) is 10.3. The summed E-state index contributed by atoms with van der Waals surface area (Å²) in [7, 11) is 0. The van der Waals surface area contributed by atoms with Crippen LogP contribution in [0.15, 0.2) is 0 Å². The van der Waals surface area contributed by atoms with Gasteiger partial charge in [0.1, 0.15) is 0 Å². The van der Waals surface area contributed by atoms with Gasteiger partial charge in [0, 0.05) is 25.8 Å². The molecule has 0 aliphatic heterocycles. The number of nitrogens with zero attached hydrogens (tertiary/aromatic N) is 2. The van der Waals surface area contributed by atoms with Crippen LogP contribution in [0.2, 0.25) is 0 Å². The van der Waals surface area contributed by atoms with Gasteiger partial charge in [-0.15, -0.1) is 30.2 Å². The zero-order valence-electron chi connectivity index (χ0n) is 16.2. The Kier molecular flexibility index (Phi) is 29.4. The van der Waals surface area contributed by atoms with Crippen molar-refractivity contribution in [1.82, 2.24) is 0 Å². The van der Waals surface area contributed by atoms with E-state index in [-0.39, 0.29) is 31.9 Å². The van der Waals surface area contributed by atoms with Crippen LogP contribution >= 0.6 is 0 Å². The Morgan fingerprint density at radius 2 is 0.810 bits per heavy atom. The Morgan fingerprint density at radius 3 is 0.810 bits per heavy atom. The van der Waals surface area contributed by atoms with Crippen LogP contribution in [-0.2, 0) is 25.8 Å². The third-order valence-corrected chi connectivity index (χ3v) is 2.18. The van der Waals surface area contributed by atoms with Gasteiger partial charge in [0.05, 0.1) is 0 Å². The Hall–Kier alpha value is 0.750. The van der Waals surface area contributed by atoms with E-state index in [0.717, 1.165) is 12.8 Å². The van der Waals surface area contributed by atoms with Crippen molar-refractivity contribution in [3.05, 3.63) is 16.4 Å². The zero-order chi connectivity index (χ0) is 16.7. The maximum absolute atomic E-state index is 7.07. The minimum absolute atomic E-state index is 0. The van der Waals surface area contributed by atoms with Gasteiger partial charge in [-0.1, -0.05) is 82.1 Å². The van der Waals surface area contributed by atoms with E-state index < -0.39 is 0 Å². The fraction of sp³-hybridized carbons (Fsp3) is 1.00. The molecule has 0 saturated carbocycles. The van der Waals surface area contributed by atoms with Crippen LogP contribution in [0, 0.1) is 0 Å². The first kappa shape index (κ1) is 29.7. The van der Waals surface area contributed by atoms with E-state index in [9.17, 15) is 0 Å². The molecule has 0 rings (SSSR count). The van der Waals surface area contributed by atoms with Crippen LogP contribution in [0.1, 0.15) is 82.1 Å². The van der Waals surface area contributed by atoms with Crippen LogP contribution in [0.4, 0.5) is 0 Å². The molecule has 4 heteroatoms. The Balaban J connectivity index is -0.000000101. The summed E-state index contributed by atoms with van der Waals surface area (Å²) in [5, 5.41) is 8.56. The summed E-state index contributed by atoms with van der Waals surface area (Å²) < 4.78 is 0. The molecular weight excluding hydrogens is 425 g/mol. The molecule has 0 saturated heterocycles. The monoisotopic (exact) mass is 466 g/mol. The second kappa shape index (κ2) is 20.8. The molecule has 0 amide bonds. The Morgan fingerprint density at radius 1 is 0.619 bits per heavy atom. The van der Waals surface area contributed by atoms with Crippen LogP contribution in [0.5, 0.6) is 0 Å². The molecule has 0 spiro atoms. The average molecular weight is 465 g/mol. The topological polar surface area (TPSA) is 52.0 Å². The first-order valence-corrected chi connectivity index (χ1v) is 8.17. The van der Waals surface area contributed by atoms with Gasteiger partial charge in [-0.05, 0) is 0 Å². The third-order valence-electron chi connectivity index (χ3n) is 2.18. The number of hydrogen-bond donors (Lipinski definition) is 0. The van der Waals surface area contributed by atoms with Crippen LogP contribution in [-0.4, -0.2) is 30.2 Å². The SMILES string of the molecule is CC(C)[N-]C(C)C.CC(C)[N-]C(C)C.CCC([NH-])CC.[Hf]. The van der Waals surface area contributed by atoms with E-state index in [1.54, 1.807) is 0 Å². The molecule has 0 unspecified atom stereocenters. The molecule has 0 aliphatic carbocycles. The summed E-state index contributed by atoms with van der Waals surface area (Å²) in [6, 6.07) is 2.19. The molecule has 1 N–H and O–H groups in total. The summed E-state index contributed by atoms with van der Waals surface area (Å²) in [6.07, 6.45) is 1.99. The molecule has 0 aromatic heterocycles. The fourth-order valence-electron chi connectivity index (χ4n) is 1.48. The van der Waals surface area contributed by atoms with Gasteiger partial charge in [0.15, 0.2) is 0 Å². The van der Waals surface area contributed by atoms with E-state index in [2.05, 4.69) is 66.0 Å². The molecule has 3 nitrogen and oxygen atoms in total. The number of rotatable bonds is 6. The molecule has 0 radical (unpaired) electrons. The van der Waals surface area contributed by atoms with Crippen LogP contribution in [0.3, 0.4) is 0 Å². The molecule has 130 valence electrons. The smallest absolute Gasteiger partial charge is 0 e. The van der Waals surface area contributed by atoms with Crippen molar-refractivity contribution < 1.29 is 25.8 Å². The Bertz CT molecular complexity index is 141. The minimum atomic E-state index is 0. The van der Waals surface area contributed by atoms with Crippen molar-refractivity contribution in [1.29, 1.82) is 0 Å². The molecule has 0 atom stereocenters. The molecule has 0 aromatic carbocycles. The zero-order valence-corrected chi connectivity index (χ0v) is 19.8. The van der Waals surface area contributed by atoms with Crippen molar-refractivity contribution in [2.24, 2.45) is 0 Å². The van der Waals surface area contributed by atoms with E-state index in [0.29, 0.717) is 24.2 Å². The molecule has 0 bridgehead atoms. The minimum Gasteiger partial charge on any atom is -0.675 e. The van der Waals surface area contributed by atoms with Crippen molar-refractivity contribution in [3.63, 3.8) is 0 Å². The number of nitrogens with one attached hydrogen (secondary N) is 1. The standard InChI is InChI=1S/2C6H14N.C5H12N.Hf/c2*1-5(2)7-6(3)4;1-3-5(6)4-2;/h2*5-6H,1-4H3;5-6H,3-4H2,1-2H3;/q3*-1;.